The number of hydrogen-bond donors (Lipinski definition) is 1. The number of nitrogens with one attached hydrogen (secondary N) is 1. The van der Waals surface area contributed by atoms with E-state index in [1.165, 1.54) is 25.3 Å². The molecule has 0 amide bonds. The number of rotatable bonds is 6. The second-order valence-electron chi connectivity index (χ2n) is 5.79. The van der Waals surface area contributed by atoms with Gasteiger partial charge in [0.05, 0.1) is 17.7 Å². The van der Waals surface area contributed by atoms with Gasteiger partial charge in [-0.15, -0.1) is 0 Å². The minimum absolute atomic E-state index is 0.0570. The van der Waals surface area contributed by atoms with Crippen LogP contribution in [0.5, 0.6) is 5.75 Å². The lowest BCUT2D eigenvalue weighted by molar-refractivity contribution is 0.103. The van der Waals surface area contributed by atoms with Crippen LogP contribution in [0.25, 0.3) is 0 Å². The monoisotopic (exact) mass is 419 g/mol. The predicted octanol–water partition coefficient (Wildman–Crippen LogP) is 4.52. The van der Waals surface area contributed by atoms with E-state index in [2.05, 4.69) is 4.72 Å². The molecule has 0 aliphatic rings. The van der Waals surface area contributed by atoms with Crippen molar-refractivity contribution in [3.63, 3.8) is 0 Å². The molecule has 0 fully saturated rings. The minimum Gasteiger partial charge on any atom is -0.494 e. The molecule has 3 aromatic rings. The van der Waals surface area contributed by atoms with Crippen LogP contribution in [-0.2, 0) is 10.0 Å². The van der Waals surface area contributed by atoms with Crippen molar-refractivity contribution in [2.75, 3.05) is 11.8 Å². The Morgan fingerprint density at radius 1 is 1.04 bits per heavy atom. The summed E-state index contributed by atoms with van der Waals surface area (Å²) in [6, 6.07) is 15.8. The first-order valence-electron chi connectivity index (χ1n) is 8.07. The number of carbonyl (C=O) groups is 1. The van der Waals surface area contributed by atoms with Crippen molar-refractivity contribution in [2.24, 2.45) is 0 Å². The van der Waals surface area contributed by atoms with E-state index < -0.39 is 21.6 Å². The van der Waals surface area contributed by atoms with Crippen LogP contribution in [0, 0.1) is 5.82 Å². The first-order valence-corrected chi connectivity index (χ1v) is 9.93. The Balaban J connectivity index is 2.02. The lowest BCUT2D eigenvalue weighted by Gasteiger charge is -2.13. The van der Waals surface area contributed by atoms with Crippen LogP contribution in [0.2, 0.25) is 5.02 Å². The second-order valence-corrected chi connectivity index (χ2v) is 7.91. The molecule has 0 heterocycles. The van der Waals surface area contributed by atoms with Gasteiger partial charge >= 0.3 is 0 Å². The fraction of sp³-hybridized carbons (Fsp3) is 0.0500. The van der Waals surface area contributed by atoms with Gasteiger partial charge in [-0.3, -0.25) is 9.52 Å². The molecule has 0 aliphatic heterocycles. The van der Waals surface area contributed by atoms with E-state index in [9.17, 15) is 17.6 Å². The summed E-state index contributed by atoms with van der Waals surface area (Å²) in [6.07, 6.45) is 0. The molecule has 0 saturated heterocycles. The SMILES string of the molecule is COc1cc(S(=O)(=O)Nc2ccc(Cl)cc2C(=O)c2ccccc2)ccc1F. The molecular formula is C20H15ClFNO4S. The summed E-state index contributed by atoms with van der Waals surface area (Å²) in [4.78, 5) is 12.6. The molecule has 8 heteroatoms. The first-order chi connectivity index (χ1) is 13.3. The molecule has 0 bridgehead atoms. The van der Waals surface area contributed by atoms with Crippen molar-refractivity contribution in [3.8, 4) is 5.75 Å². The molecule has 0 unspecified atom stereocenters. The number of anilines is 1. The van der Waals surface area contributed by atoms with Crippen LogP contribution in [0.4, 0.5) is 10.1 Å². The van der Waals surface area contributed by atoms with E-state index in [0.29, 0.717) is 5.56 Å². The van der Waals surface area contributed by atoms with Crippen molar-refractivity contribution in [1.29, 1.82) is 0 Å². The number of carbonyl (C=O) groups excluding carboxylic acids is 1. The van der Waals surface area contributed by atoms with Gasteiger partial charge in [0.1, 0.15) is 0 Å². The molecule has 28 heavy (non-hydrogen) atoms. The number of halogens is 2. The highest BCUT2D eigenvalue weighted by atomic mass is 35.5. The van der Waals surface area contributed by atoms with Crippen LogP contribution in [0.3, 0.4) is 0 Å². The van der Waals surface area contributed by atoms with Crippen LogP contribution in [-0.4, -0.2) is 21.3 Å². The molecule has 0 spiro atoms. The van der Waals surface area contributed by atoms with Gasteiger partial charge in [-0.05, 0) is 30.3 Å². The fourth-order valence-electron chi connectivity index (χ4n) is 2.55. The van der Waals surface area contributed by atoms with Gasteiger partial charge in [0.15, 0.2) is 17.3 Å². The van der Waals surface area contributed by atoms with Crippen LogP contribution in [0.1, 0.15) is 15.9 Å². The molecule has 0 radical (unpaired) electrons. The third-order valence-corrected chi connectivity index (χ3v) is 5.54. The van der Waals surface area contributed by atoms with E-state index in [1.807, 2.05) is 0 Å². The van der Waals surface area contributed by atoms with E-state index in [4.69, 9.17) is 16.3 Å². The Bertz CT molecular complexity index is 1130. The summed E-state index contributed by atoms with van der Waals surface area (Å²) in [5.74, 6) is -1.29. The molecule has 0 aliphatic carbocycles. The van der Waals surface area contributed by atoms with E-state index >= 15 is 0 Å². The van der Waals surface area contributed by atoms with Gasteiger partial charge in [-0.1, -0.05) is 41.9 Å². The van der Waals surface area contributed by atoms with Crippen molar-refractivity contribution in [1.82, 2.24) is 0 Å². The maximum atomic E-state index is 13.6. The standard InChI is InChI=1S/C20H15ClFNO4S/c1-27-19-12-15(8-9-17(19)22)28(25,26)23-18-10-7-14(21)11-16(18)20(24)13-5-3-2-4-6-13/h2-12,23H,1H3. The van der Waals surface area contributed by atoms with E-state index in [0.717, 1.165) is 18.2 Å². The Labute approximate surface area is 166 Å². The van der Waals surface area contributed by atoms with Gasteiger partial charge in [0, 0.05) is 22.2 Å². The summed E-state index contributed by atoms with van der Waals surface area (Å²) in [7, 11) is -2.87. The summed E-state index contributed by atoms with van der Waals surface area (Å²) < 4.78 is 46.3. The summed E-state index contributed by atoms with van der Waals surface area (Å²) >= 11 is 6.01. The summed E-state index contributed by atoms with van der Waals surface area (Å²) in [6.45, 7) is 0. The number of sulfonamides is 1. The fourth-order valence-corrected chi connectivity index (χ4v) is 3.82. The zero-order valence-electron chi connectivity index (χ0n) is 14.6. The molecule has 5 nitrogen and oxygen atoms in total. The van der Waals surface area contributed by atoms with Crippen molar-refractivity contribution < 1.29 is 22.3 Å². The lowest BCUT2D eigenvalue weighted by Crippen LogP contribution is -2.16. The molecule has 144 valence electrons. The highest BCUT2D eigenvalue weighted by Gasteiger charge is 2.21. The summed E-state index contributed by atoms with van der Waals surface area (Å²) in [5.41, 5.74) is 0.534. The molecule has 1 N–H and O–H groups in total. The Kier molecular flexibility index (Phi) is 5.67. The molecule has 3 aromatic carbocycles. The largest absolute Gasteiger partial charge is 0.494 e. The van der Waals surface area contributed by atoms with E-state index in [1.54, 1.807) is 30.3 Å². The lowest BCUT2D eigenvalue weighted by atomic mass is 10.0. The van der Waals surface area contributed by atoms with Gasteiger partial charge in [-0.2, -0.15) is 0 Å². The first kappa shape index (κ1) is 19.9. The average Bonchev–Trinajstić information content (AvgIpc) is 2.69. The van der Waals surface area contributed by atoms with Gasteiger partial charge in [0.25, 0.3) is 10.0 Å². The molecule has 0 aromatic heterocycles. The number of hydrogen-bond acceptors (Lipinski definition) is 4. The highest BCUT2D eigenvalue weighted by Crippen LogP contribution is 2.28. The quantitative estimate of drug-likeness (QED) is 0.596. The van der Waals surface area contributed by atoms with Crippen LogP contribution >= 0.6 is 11.6 Å². The maximum absolute atomic E-state index is 13.6. The second kappa shape index (κ2) is 8.00. The third kappa shape index (κ3) is 4.16. The number of methoxy groups -OCH3 is 1. The van der Waals surface area contributed by atoms with E-state index in [-0.39, 0.29) is 26.9 Å². The number of ketones is 1. The van der Waals surface area contributed by atoms with Crippen LogP contribution < -0.4 is 9.46 Å². The van der Waals surface area contributed by atoms with Gasteiger partial charge in [-0.25, -0.2) is 12.8 Å². The molecule has 0 atom stereocenters. The number of ether oxygens (including phenoxy) is 1. The molecule has 3 rings (SSSR count). The maximum Gasteiger partial charge on any atom is 0.262 e. The van der Waals surface area contributed by atoms with Gasteiger partial charge < -0.3 is 4.74 Å². The van der Waals surface area contributed by atoms with Gasteiger partial charge in [0.2, 0.25) is 0 Å². The van der Waals surface area contributed by atoms with Crippen LogP contribution in [0.15, 0.2) is 71.6 Å². The summed E-state index contributed by atoms with van der Waals surface area (Å²) in [5, 5.41) is 0.283. The van der Waals surface area contributed by atoms with Crippen molar-refractivity contribution in [3.05, 3.63) is 88.7 Å². The predicted molar refractivity (Wildman–Crippen MR) is 105 cm³/mol. The molecular weight excluding hydrogens is 405 g/mol. The zero-order chi connectivity index (χ0) is 20.3. The highest BCUT2D eigenvalue weighted by molar-refractivity contribution is 7.92. The Morgan fingerprint density at radius 3 is 2.43 bits per heavy atom. The average molecular weight is 420 g/mol. The Morgan fingerprint density at radius 2 is 1.75 bits per heavy atom. The zero-order valence-corrected chi connectivity index (χ0v) is 16.2. The third-order valence-electron chi connectivity index (χ3n) is 3.94. The van der Waals surface area contributed by atoms with Crippen molar-refractivity contribution >= 4 is 33.1 Å². The normalized spacial score (nSPS) is 11.1. The minimum atomic E-state index is -4.11. The topological polar surface area (TPSA) is 72.5 Å². The molecule has 0 saturated carbocycles. The smallest absolute Gasteiger partial charge is 0.262 e. The Hall–Kier alpha value is -2.90. The van der Waals surface area contributed by atoms with Crippen molar-refractivity contribution in [2.45, 2.75) is 4.90 Å². The number of benzene rings is 3.